The molecule has 3 aliphatic rings. The Morgan fingerprint density at radius 3 is 1.03 bits per heavy atom. The number of nitrogens with zero attached hydrogens (tertiary/aromatic N) is 2. The third kappa shape index (κ3) is 26.4. The lowest BCUT2D eigenvalue weighted by molar-refractivity contribution is 0.0541. The molecule has 0 fully saturated rings. The second kappa shape index (κ2) is 46.6. The number of amides is 2. The Kier molecular flexibility index (Phi) is 34.9. The van der Waals surface area contributed by atoms with Gasteiger partial charge in [0.25, 0.3) is 11.8 Å². The Hall–Kier alpha value is -12.3. The minimum absolute atomic E-state index is 0.0843. The molecule has 624 valence electrons. The Balaban J connectivity index is 0.000000175. The molecule has 0 aromatic heterocycles. The van der Waals surface area contributed by atoms with Gasteiger partial charge in [0.05, 0.1) is 83.7 Å². The second-order valence-corrected chi connectivity index (χ2v) is 28.3. The molecule has 4 N–H and O–H groups in total. The van der Waals surface area contributed by atoms with Crippen molar-refractivity contribution >= 4 is 34.5 Å². The van der Waals surface area contributed by atoms with E-state index >= 15 is 0 Å². The molecule has 13 rings (SSSR count). The molecule has 0 spiro atoms. The SMILES string of the molecule is C=C(C)c1cc(C(=O)N2Cc3cccc(OCCOCCOC)c3C2)c(O)cc1O.C=C(C)c1cc(C(=O)N2Cc3cccc(OCCOCCOC)c3C2)c(OCc2ccccc2)cc1OCc1ccccc1.C=C(C)c1cc(C(=O)O)c(OCc2ccccc2)cc1OCc1ccccc1.COCCOCCOc1cccc2c1CNC2. The molecule has 0 aliphatic carbocycles. The van der Waals surface area contributed by atoms with E-state index in [1.165, 1.54) is 23.3 Å². The number of benzene rings is 10. The monoisotopic (exact) mass is 1620 g/mol. The summed E-state index contributed by atoms with van der Waals surface area (Å²) in [6, 6.07) is 66.6. The van der Waals surface area contributed by atoms with Crippen molar-refractivity contribution in [1.29, 1.82) is 0 Å². The Morgan fingerprint density at radius 2 is 0.655 bits per heavy atom. The summed E-state index contributed by atoms with van der Waals surface area (Å²) in [7, 11) is 4.93. The van der Waals surface area contributed by atoms with E-state index in [9.17, 15) is 29.7 Å². The third-order valence-electron chi connectivity index (χ3n) is 19.4. The fourth-order valence-electron chi connectivity index (χ4n) is 13.1. The first kappa shape index (κ1) is 89.1. The zero-order valence-corrected chi connectivity index (χ0v) is 68.7. The predicted molar refractivity (Wildman–Crippen MR) is 458 cm³/mol. The van der Waals surface area contributed by atoms with Crippen molar-refractivity contribution in [2.24, 2.45) is 0 Å². The number of phenols is 2. The summed E-state index contributed by atoms with van der Waals surface area (Å²) in [5, 5.41) is 33.1. The number of allylic oxidation sites excluding steroid dienone is 3. The van der Waals surface area contributed by atoms with E-state index in [0.717, 1.165) is 91.6 Å². The van der Waals surface area contributed by atoms with E-state index in [1.54, 1.807) is 45.3 Å². The van der Waals surface area contributed by atoms with Gasteiger partial charge in [0.2, 0.25) is 0 Å². The number of phenolic OH excluding ortho intramolecular Hbond substituents is 2. The van der Waals surface area contributed by atoms with Crippen molar-refractivity contribution in [2.45, 2.75) is 86.5 Å². The number of carboxylic acids is 1. The molecule has 0 unspecified atom stereocenters. The van der Waals surface area contributed by atoms with Gasteiger partial charge < -0.3 is 92.0 Å². The number of hydrogen-bond acceptors (Lipinski definition) is 19. The first-order chi connectivity index (χ1) is 57.9. The van der Waals surface area contributed by atoms with Gasteiger partial charge in [-0.3, -0.25) is 9.59 Å². The standard InChI is InChI=1S/C37H39NO6.C24H22O4.C23H27NO6.C13H19NO3/c1-27(2)31-21-32(37(39)38-23-30-15-10-16-34(33(30)24-38)42-20-19-41-18-17-40-3)36(44-26-29-13-8-5-9-14-29)22-35(31)43-25-28-11-6-4-7-12-28;1-17(2)20-13-21(24(25)26)23(28-16-19-11-7-4-8-12-19)14-22(20)27-15-18-9-5-3-6-10-18;1-15(2)17-11-18(21(26)12-20(17)25)23(27)24-13-16-5-4-6-22(19(16)14-24)30-10-9-29-8-7-28-3;1-15-5-6-16-7-8-17-13-4-2-3-11-9-14-10-12(11)13/h4-16,21-22H,1,17-20,23-26H2,2-3H3;3-14H,1,15-16H2,2H3,(H,25,26);4-6,11-12,25-26H,1,7-10,13-14H2,2-3H3;2-4,14H,5-10H2,1H3. The van der Waals surface area contributed by atoms with E-state index in [-0.39, 0.29) is 46.8 Å². The van der Waals surface area contributed by atoms with E-state index in [2.05, 4.69) is 31.1 Å². The van der Waals surface area contributed by atoms with Crippen LogP contribution in [0, 0.1) is 0 Å². The van der Waals surface area contributed by atoms with Crippen molar-refractivity contribution in [3.05, 3.63) is 321 Å². The van der Waals surface area contributed by atoms with Crippen LogP contribution in [0.4, 0.5) is 0 Å². The molecule has 119 heavy (non-hydrogen) atoms. The molecule has 2 amide bonds. The van der Waals surface area contributed by atoms with Gasteiger partial charge in [0, 0.05) is 99.1 Å². The summed E-state index contributed by atoms with van der Waals surface area (Å²) in [4.78, 5) is 42.5. The summed E-state index contributed by atoms with van der Waals surface area (Å²) in [6.07, 6.45) is 0. The van der Waals surface area contributed by atoms with Gasteiger partial charge >= 0.3 is 5.97 Å². The number of carboxylic acid groups (broad SMARTS) is 1. The normalized spacial score (nSPS) is 12.1. The van der Waals surface area contributed by atoms with E-state index in [1.807, 2.05) is 201 Å². The highest BCUT2D eigenvalue weighted by molar-refractivity contribution is 6.00. The predicted octanol–water partition coefficient (Wildman–Crippen LogP) is 17.3. The number of aromatic carboxylic acids is 1. The van der Waals surface area contributed by atoms with Crippen LogP contribution in [0.3, 0.4) is 0 Å². The number of carbonyl (C=O) groups excluding carboxylic acids is 2. The highest BCUT2D eigenvalue weighted by Crippen LogP contribution is 2.41. The maximum absolute atomic E-state index is 14.2. The molecule has 0 saturated carbocycles. The van der Waals surface area contributed by atoms with Gasteiger partial charge in [0.1, 0.15) is 104 Å². The molecule has 0 saturated heterocycles. The molecule has 0 bridgehead atoms. The van der Waals surface area contributed by atoms with E-state index in [0.29, 0.717) is 165 Å². The number of hydrogen-bond donors (Lipinski definition) is 4. The molecule has 3 heterocycles. The fourth-order valence-corrected chi connectivity index (χ4v) is 13.1. The highest BCUT2D eigenvalue weighted by Gasteiger charge is 2.32. The molecule has 3 aliphatic heterocycles. The van der Waals surface area contributed by atoms with Crippen molar-refractivity contribution in [2.75, 3.05) is 101 Å². The number of rotatable bonds is 39. The number of methoxy groups -OCH3 is 3. The number of carbonyl (C=O) groups is 3. The van der Waals surface area contributed by atoms with Crippen molar-refractivity contribution in [3.8, 4) is 51.7 Å². The molecule has 0 atom stereocenters. The van der Waals surface area contributed by atoms with Crippen LogP contribution < -0.4 is 38.5 Å². The molecular formula is C97H107N3O19. The summed E-state index contributed by atoms with van der Waals surface area (Å²) < 4.78 is 73.2. The van der Waals surface area contributed by atoms with Crippen LogP contribution in [0.15, 0.2) is 232 Å². The summed E-state index contributed by atoms with van der Waals surface area (Å²) in [6.45, 7) is 28.5. The topological polar surface area (TPSA) is 250 Å². The number of aromatic hydroxyl groups is 2. The van der Waals surface area contributed by atoms with Crippen molar-refractivity contribution < 1.29 is 91.3 Å². The highest BCUT2D eigenvalue weighted by atomic mass is 16.6. The molecule has 10 aromatic carbocycles. The molecule has 22 heteroatoms. The largest absolute Gasteiger partial charge is 0.507 e. The fraction of sp³-hybridized carbons (Fsp3) is 0.289. The van der Waals surface area contributed by atoms with Gasteiger partial charge in [-0.25, -0.2) is 4.79 Å². The average Bonchev–Trinajstić information content (AvgIpc) is 1.67. The molecule has 0 radical (unpaired) electrons. The number of ether oxygens (including phenoxy) is 13. The van der Waals surface area contributed by atoms with Gasteiger partial charge in [-0.2, -0.15) is 0 Å². The second-order valence-electron chi connectivity index (χ2n) is 28.3. The van der Waals surface area contributed by atoms with Gasteiger partial charge in [-0.15, -0.1) is 0 Å². The van der Waals surface area contributed by atoms with Crippen LogP contribution in [0.1, 0.15) is 124 Å². The Labute approximate surface area is 697 Å². The summed E-state index contributed by atoms with van der Waals surface area (Å²) >= 11 is 0. The van der Waals surface area contributed by atoms with Crippen molar-refractivity contribution in [1.82, 2.24) is 15.1 Å². The van der Waals surface area contributed by atoms with Crippen LogP contribution in [0.2, 0.25) is 0 Å². The Bertz CT molecular complexity index is 4910. The smallest absolute Gasteiger partial charge is 0.339 e. The quantitative estimate of drug-likeness (QED) is 0.0261. The van der Waals surface area contributed by atoms with Crippen LogP contribution in [-0.4, -0.2) is 144 Å². The van der Waals surface area contributed by atoms with Gasteiger partial charge in [-0.05, 0) is 113 Å². The van der Waals surface area contributed by atoms with Gasteiger partial charge in [0.15, 0.2) is 0 Å². The van der Waals surface area contributed by atoms with E-state index in [4.69, 9.17) is 61.6 Å². The lowest BCUT2D eigenvalue weighted by atomic mass is 10.0. The summed E-state index contributed by atoms with van der Waals surface area (Å²) in [5.41, 5.74) is 15.3. The minimum atomic E-state index is -1.06. The van der Waals surface area contributed by atoms with Gasteiger partial charge in [-0.1, -0.05) is 177 Å². The van der Waals surface area contributed by atoms with Crippen molar-refractivity contribution in [3.63, 3.8) is 0 Å². The number of fused-ring (bicyclic) bond motifs is 3. The number of nitrogens with one attached hydrogen (secondary N) is 1. The van der Waals surface area contributed by atoms with Crippen LogP contribution in [0.25, 0.3) is 16.7 Å². The third-order valence-corrected chi connectivity index (χ3v) is 19.4. The first-order valence-corrected chi connectivity index (χ1v) is 39.4. The van der Waals surface area contributed by atoms with Crippen LogP contribution in [0.5, 0.6) is 51.7 Å². The maximum atomic E-state index is 14.2. The lowest BCUT2D eigenvalue weighted by Gasteiger charge is -2.21. The maximum Gasteiger partial charge on any atom is 0.339 e. The Morgan fingerprint density at radius 1 is 0.328 bits per heavy atom. The minimum Gasteiger partial charge on any atom is -0.507 e. The first-order valence-electron chi connectivity index (χ1n) is 39.4. The molecule has 10 aromatic rings. The van der Waals surface area contributed by atoms with Crippen LogP contribution >= 0.6 is 0 Å². The molecular weight excluding hydrogens is 1510 g/mol. The van der Waals surface area contributed by atoms with E-state index < -0.39 is 5.97 Å². The van der Waals surface area contributed by atoms with Crippen LogP contribution in [-0.2, 0) is 94.1 Å². The molecule has 22 nitrogen and oxygen atoms in total. The zero-order chi connectivity index (χ0) is 84.3. The average molecular weight is 1620 g/mol. The summed E-state index contributed by atoms with van der Waals surface area (Å²) in [5.74, 6) is 2.48. The lowest BCUT2D eigenvalue weighted by Crippen LogP contribution is -2.26. The zero-order valence-electron chi connectivity index (χ0n) is 68.7.